The van der Waals surface area contributed by atoms with Crippen LogP contribution in [-0.2, 0) is 0 Å². The first kappa shape index (κ1) is 6.00. The normalized spacial score (nSPS) is 11.0. The maximum atomic E-state index is 2.20. The quantitative estimate of drug-likeness (QED) is 0.458. The molecule has 37 valence electrons. The van der Waals surface area contributed by atoms with Crippen LogP contribution in [0.4, 0.5) is 0 Å². The molecule has 0 rings (SSSR count). The van der Waals surface area contributed by atoms with Crippen molar-refractivity contribution in [2.45, 2.75) is 27.7 Å². The summed E-state index contributed by atoms with van der Waals surface area (Å²) in [6, 6.07) is 0. The second-order valence-electron chi connectivity index (χ2n) is 2.23. The molecule has 0 aromatic rings. The number of hydrogen-bond acceptors (Lipinski definition) is 0. The average Bonchev–Trinajstić information content (AvgIpc) is 1.36. The summed E-state index contributed by atoms with van der Waals surface area (Å²) >= 11 is 0. The highest BCUT2D eigenvalue weighted by atomic mass is 14.0. The van der Waals surface area contributed by atoms with E-state index in [4.69, 9.17) is 0 Å². The lowest BCUT2D eigenvalue weighted by Crippen LogP contribution is -1.93. The molecule has 0 aliphatic carbocycles. The third-order valence-electron chi connectivity index (χ3n) is 1.15. The highest BCUT2D eigenvalue weighted by molar-refractivity contribution is 4.79. The van der Waals surface area contributed by atoms with E-state index < -0.39 is 0 Å². The molecule has 0 heterocycles. The van der Waals surface area contributed by atoms with Crippen LogP contribution in [0.25, 0.3) is 0 Å². The summed E-state index contributed by atoms with van der Waals surface area (Å²) in [6.45, 7) is 8.72. The summed E-state index contributed by atoms with van der Waals surface area (Å²) in [5.41, 5.74) is 0. The van der Waals surface area contributed by atoms with Crippen molar-refractivity contribution in [1.29, 1.82) is 0 Å². The Morgan fingerprint density at radius 2 is 1.33 bits per heavy atom. The first-order chi connectivity index (χ1) is 2.64. The van der Waals surface area contributed by atoms with E-state index in [1.807, 2.05) is 0 Å². The van der Waals surface area contributed by atoms with Crippen LogP contribution in [0.15, 0.2) is 0 Å². The Morgan fingerprint density at radius 1 is 1.17 bits per heavy atom. The van der Waals surface area contributed by atoms with Gasteiger partial charge in [0.2, 0.25) is 0 Å². The van der Waals surface area contributed by atoms with Crippen LogP contribution in [0, 0.1) is 11.8 Å². The smallest absolute Gasteiger partial charge is 0.0277 e. The first-order valence-corrected chi connectivity index (χ1v) is 2.44. The third-order valence-corrected chi connectivity index (χ3v) is 1.15. The van der Waals surface area contributed by atoms with Crippen LogP contribution in [-0.4, -0.2) is 0 Å². The van der Waals surface area contributed by atoms with Crippen molar-refractivity contribution in [3.63, 3.8) is 0 Å². The van der Waals surface area contributed by atoms with E-state index in [-0.39, 0.29) is 0 Å². The van der Waals surface area contributed by atoms with Gasteiger partial charge in [-0.15, -0.1) is 0 Å². The molecule has 0 spiro atoms. The van der Waals surface area contributed by atoms with E-state index in [0.717, 1.165) is 5.92 Å². The Labute approximate surface area is 40.6 Å². The lowest BCUT2D eigenvalue weighted by molar-refractivity contribution is 0.670. The predicted octanol–water partition coefficient (Wildman–Crippen LogP) is 2.26. The van der Waals surface area contributed by atoms with Crippen molar-refractivity contribution >= 4 is 0 Å². The van der Waals surface area contributed by atoms with Gasteiger partial charge in [-0.2, -0.15) is 0 Å². The Hall–Kier alpha value is 0. The summed E-state index contributed by atoms with van der Waals surface area (Å²) in [5.74, 6) is 2.28. The highest BCUT2D eigenvalue weighted by Gasteiger charge is 1.96. The molecule has 0 fully saturated rings. The maximum absolute atomic E-state index is 2.20. The van der Waals surface area contributed by atoms with Gasteiger partial charge in [-0.3, -0.25) is 0 Å². The van der Waals surface area contributed by atoms with E-state index >= 15 is 0 Å². The second-order valence-corrected chi connectivity index (χ2v) is 2.23. The van der Waals surface area contributed by atoms with Crippen LogP contribution >= 0.6 is 0 Å². The molecule has 0 aromatic heterocycles. The van der Waals surface area contributed by atoms with Crippen LogP contribution in [0.3, 0.4) is 0 Å². The molecule has 0 aliphatic heterocycles. The van der Waals surface area contributed by atoms with Gasteiger partial charge in [0.05, 0.1) is 0 Å². The van der Waals surface area contributed by atoms with E-state index in [0.29, 0.717) is 0 Å². The molecule has 0 N–H and O–H groups in total. The average molecular weight is 85.2 g/mol. The molecule has 0 unspecified atom stereocenters. The fourth-order valence-corrected chi connectivity index (χ4v) is 0. The van der Waals surface area contributed by atoms with Gasteiger partial charge in [-0.25, -0.2) is 0 Å². The Morgan fingerprint density at radius 3 is 1.33 bits per heavy atom. The van der Waals surface area contributed by atoms with E-state index in [9.17, 15) is 0 Å². The van der Waals surface area contributed by atoms with E-state index in [1.165, 1.54) is 5.92 Å². The fraction of sp³-hybridized carbons (Fsp3) is 0.833. The highest BCUT2D eigenvalue weighted by Crippen LogP contribution is 2.08. The first-order valence-electron chi connectivity index (χ1n) is 2.44. The lowest BCUT2D eigenvalue weighted by atomic mass is 10.0. The molecule has 0 saturated carbocycles. The Balaban J connectivity index is 2.99. The second kappa shape index (κ2) is 2.22. The fourth-order valence-electron chi connectivity index (χ4n) is 0. The van der Waals surface area contributed by atoms with Crippen molar-refractivity contribution in [3.8, 4) is 0 Å². The molecular weight excluding hydrogens is 72.1 g/mol. The van der Waals surface area contributed by atoms with Gasteiger partial charge in [0, 0.05) is 0 Å². The standard InChI is InChI=1S/C6H13/c1-5(2)6(3)4/h5H,1-4H3. The van der Waals surface area contributed by atoms with Gasteiger partial charge in [-0.05, 0) is 11.8 Å². The van der Waals surface area contributed by atoms with Gasteiger partial charge >= 0.3 is 0 Å². The van der Waals surface area contributed by atoms with Crippen LogP contribution in [0.1, 0.15) is 27.7 Å². The molecule has 0 bridgehead atoms. The van der Waals surface area contributed by atoms with Gasteiger partial charge in [0.15, 0.2) is 0 Å². The summed E-state index contributed by atoms with van der Waals surface area (Å²) < 4.78 is 0. The van der Waals surface area contributed by atoms with Gasteiger partial charge in [0.25, 0.3) is 0 Å². The topological polar surface area (TPSA) is 0 Å². The number of hydrogen-bond donors (Lipinski definition) is 0. The van der Waals surface area contributed by atoms with Crippen molar-refractivity contribution < 1.29 is 0 Å². The lowest BCUT2D eigenvalue weighted by Gasteiger charge is -2.04. The molecule has 0 heteroatoms. The summed E-state index contributed by atoms with van der Waals surface area (Å²) in [4.78, 5) is 0. The maximum Gasteiger partial charge on any atom is -0.0277 e. The zero-order valence-corrected chi connectivity index (χ0v) is 5.08. The minimum Gasteiger partial charge on any atom is -0.0622 e. The SMILES string of the molecule is C[C](C)C(C)C. The van der Waals surface area contributed by atoms with Crippen molar-refractivity contribution in [1.82, 2.24) is 0 Å². The zero-order chi connectivity index (χ0) is 5.15. The molecule has 0 nitrogen and oxygen atoms in total. The zero-order valence-electron chi connectivity index (χ0n) is 5.08. The summed E-state index contributed by atoms with van der Waals surface area (Å²) in [7, 11) is 0. The molecule has 6 heavy (non-hydrogen) atoms. The van der Waals surface area contributed by atoms with E-state index in [1.54, 1.807) is 0 Å². The van der Waals surface area contributed by atoms with Crippen molar-refractivity contribution in [2.24, 2.45) is 5.92 Å². The molecule has 0 atom stereocenters. The molecule has 0 aliphatic rings. The van der Waals surface area contributed by atoms with Crippen LogP contribution < -0.4 is 0 Å². The molecular formula is C6H13. The van der Waals surface area contributed by atoms with Gasteiger partial charge in [-0.1, -0.05) is 27.7 Å². The van der Waals surface area contributed by atoms with Gasteiger partial charge < -0.3 is 0 Å². The van der Waals surface area contributed by atoms with Crippen molar-refractivity contribution in [2.75, 3.05) is 0 Å². The monoisotopic (exact) mass is 85.1 g/mol. The van der Waals surface area contributed by atoms with Gasteiger partial charge in [0.1, 0.15) is 0 Å². The Kier molecular flexibility index (Phi) is 2.22. The van der Waals surface area contributed by atoms with Crippen LogP contribution in [0.2, 0.25) is 0 Å². The van der Waals surface area contributed by atoms with E-state index in [2.05, 4.69) is 27.7 Å². The van der Waals surface area contributed by atoms with Crippen LogP contribution in [0.5, 0.6) is 0 Å². The predicted molar refractivity (Wildman–Crippen MR) is 29.4 cm³/mol. The summed E-state index contributed by atoms with van der Waals surface area (Å²) in [6.07, 6.45) is 0. The number of rotatable bonds is 1. The largest absolute Gasteiger partial charge is 0.0622 e. The Bertz CT molecular complexity index is 21.0. The molecule has 0 amide bonds. The molecule has 0 saturated heterocycles. The summed E-state index contributed by atoms with van der Waals surface area (Å²) in [5, 5.41) is 0. The van der Waals surface area contributed by atoms with Crippen molar-refractivity contribution in [3.05, 3.63) is 5.92 Å². The minimum atomic E-state index is 0.769. The molecule has 1 radical (unpaired) electrons. The molecule has 0 aromatic carbocycles. The third kappa shape index (κ3) is 2.25. The minimum absolute atomic E-state index is 0.769.